The Hall–Kier alpha value is -1.16. The molecular weight excluding hydrogens is 176 g/mol. The van der Waals surface area contributed by atoms with Crippen LogP contribution >= 0.6 is 0 Å². The van der Waals surface area contributed by atoms with E-state index in [1.165, 1.54) is 0 Å². The lowest BCUT2D eigenvalue weighted by molar-refractivity contribution is 0.413. The second-order valence-corrected chi connectivity index (χ2v) is 3.96. The molecule has 14 heavy (non-hydrogen) atoms. The topological polar surface area (TPSA) is 55.0 Å². The van der Waals surface area contributed by atoms with Crippen molar-refractivity contribution in [2.75, 3.05) is 24.5 Å². The molecule has 2 heterocycles. The van der Waals surface area contributed by atoms with Crippen LogP contribution in [0.5, 0.6) is 0 Å². The van der Waals surface area contributed by atoms with E-state index in [4.69, 9.17) is 5.73 Å². The van der Waals surface area contributed by atoms with Gasteiger partial charge in [-0.2, -0.15) is 0 Å². The predicted octanol–water partition coefficient (Wildman–Crippen LogP) is 0.488. The van der Waals surface area contributed by atoms with Gasteiger partial charge in [0.1, 0.15) is 0 Å². The number of nitrogens with two attached hydrogens (primary N) is 1. The first kappa shape index (κ1) is 9.40. The highest BCUT2D eigenvalue weighted by atomic mass is 15.3. The normalized spacial score (nSPS) is 16.9. The number of rotatable bonds is 2. The van der Waals surface area contributed by atoms with Crippen LogP contribution < -0.4 is 10.6 Å². The second-order valence-electron chi connectivity index (χ2n) is 3.96. The third-order valence-electron chi connectivity index (χ3n) is 2.54. The van der Waals surface area contributed by atoms with Crippen molar-refractivity contribution in [1.29, 1.82) is 0 Å². The maximum atomic E-state index is 5.57. The number of aromatic nitrogens is 2. The molecule has 0 atom stereocenters. The molecule has 76 valence electrons. The lowest BCUT2D eigenvalue weighted by atomic mass is 10.0. The van der Waals surface area contributed by atoms with Gasteiger partial charge in [0.15, 0.2) is 0 Å². The molecule has 0 aromatic carbocycles. The fourth-order valence-electron chi connectivity index (χ4n) is 1.73. The maximum absolute atomic E-state index is 5.57. The highest BCUT2D eigenvalue weighted by molar-refractivity contribution is 5.35. The molecular formula is C10H16N4. The molecule has 4 nitrogen and oxygen atoms in total. The Kier molecular flexibility index (Phi) is 2.37. The van der Waals surface area contributed by atoms with Gasteiger partial charge in [0.2, 0.25) is 5.95 Å². The van der Waals surface area contributed by atoms with Gasteiger partial charge in [-0.15, -0.1) is 0 Å². The van der Waals surface area contributed by atoms with Crippen molar-refractivity contribution < 1.29 is 0 Å². The molecule has 0 saturated carbocycles. The van der Waals surface area contributed by atoms with E-state index in [1.54, 1.807) is 0 Å². The summed E-state index contributed by atoms with van der Waals surface area (Å²) in [4.78, 5) is 11.0. The van der Waals surface area contributed by atoms with Crippen molar-refractivity contribution in [3.8, 4) is 0 Å². The number of aryl methyl sites for hydroxylation is 2. The van der Waals surface area contributed by atoms with Crippen LogP contribution in [0.25, 0.3) is 0 Å². The highest BCUT2D eigenvalue weighted by Crippen LogP contribution is 2.20. The summed E-state index contributed by atoms with van der Waals surface area (Å²) in [5.41, 5.74) is 7.63. The van der Waals surface area contributed by atoms with Gasteiger partial charge >= 0.3 is 0 Å². The molecule has 1 aromatic heterocycles. The zero-order valence-corrected chi connectivity index (χ0v) is 8.70. The van der Waals surface area contributed by atoms with Crippen LogP contribution in [0.4, 0.5) is 5.95 Å². The first-order valence-corrected chi connectivity index (χ1v) is 4.96. The van der Waals surface area contributed by atoms with Crippen molar-refractivity contribution in [3.05, 3.63) is 17.5 Å². The van der Waals surface area contributed by atoms with Crippen molar-refractivity contribution >= 4 is 5.95 Å². The third kappa shape index (κ3) is 1.70. The molecule has 0 unspecified atom stereocenters. The quantitative estimate of drug-likeness (QED) is 0.741. The van der Waals surface area contributed by atoms with Gasteiger partial charge < -0.3 is 10.6 Å². The molecule has 1 saturated heterocycles. The minimum Gasteiger partial charge on any atom is -0.340 e. The molecule has 4 heteroatoms. The molecule has 1 aromatic rings. The number of nitrogens with zero attached hydrogens (tertiary/aromatic N) is 3. The predicted molar refractivity (Wildman–Crippen MR) is 56.3 cm³/mol. The molecule has 0 aliphatic carbocycles. The maximum Gasteiger partial charge on any atom is 0.225 e. The molecule has 2 rings (SSSR count). The van der Waals surface area contributed by atoms with Crippen molar-refractivity contribution in [3.63, 3.8) is 0 Å². The van der Waals surface area contributed by atoms with Gasteiger partial charge in [0.25, 0.3) is 0 Å². The summed E-state index contributed by atoms with van der Waals surface area (Å²) in [5.74, 6) is 1.48. The van der Waals surface area contributed by atoms with E-state index in [1.807, 2.05) is 19.9 Å². The Morgan fingerprint density at radius 1 is 1.36 bits per heavy atom. The van der Waals surface area contributed by atoms with Gasteiger partial charge in [0.05, 0.1) is 0 Å². The Morgan fingerprint density at radius 3 is 2.43 bits per heavy atom. The fourth-order valence-corrected chi connectivity index (χ4v) is 1.73. The molecule has 0 amide bonds. The van der Waals surface area contributed by atoms with Crippen LogP contribution in [0, 0.1) is 19.8 Å². The van der Waals surface area contributed by atoms with Crippen LogP contribution in [0.3, 0.4) is 0 Å². The van der Waals surface area contributed by atoms with E-state index >= 15 is 0 Å². The lowest BCUT2D eigenvalue weighted by Crippen LogP contribution is -2.50. The van der Waals surface area contributed by atoms with Gasteiger partial charge in [-0.3, -0.25) is 0 Å². The van der Waals surface area contributed by atoms with E-state index in [9.17, 15) is 0 Å². The Bertz CT molecular complexity index is 311. The average molecular weight is 192 g/mol. The summed E-state index contributed by atoms with van der Waals surface area (Å²) < 4.78 is 0. The van der Waals surface area contributed by atoms with Crippen molar-refractivity contribution in [2.24, 2.45) is 11.7 Å². The Morgan fingerprint density at radius 2 is 1.93 bits per heavy atom. The third-order valence-corrected chi connectivity index (χ3v) is 2.54. The highest BCUT2D eigenvalue weighted by Gasteiger charge is 2.27. The van der Waals surface area contributed by atoms with Crippen LogP contribution in [0.15, 0.2) is 6.07 Å². The molecule has 2 N–H and O–H groups in total. The molecule has 0 radical (unpaired) electrons. The lowest BCUT2D eigenvalue weighted by Gasteiger charge is -2.38. The van der Waals surface area contributed by atoms with Gasteiger partial charge in [0, 0.05) is 30.4 Å². The molecule has 1 aliphatic heterocycles. The van der Waals surface area contributed by atoms with E-state index in [0.717, 1.165) is 37.0 Å². The first-order chi connectivity index (χ1) is 6.69. The smallest absolute Gasteiger partial charge is 0.225 e. The standard InChI is InChI=1S/C10H16N4/c1-7-3-8(2)13-10(12-7)14-5-9(4-11)6-14/h3,9H,4-6,11H2,1-2H3. The summed E-state index contributed by atoms with van der Waals surface area (Å²) in [5, 5.41) is 0. The Balaban J connectivity index is 2.10. The first-order valence-electron chi connectivity index (χ1n) is 4.96. The molecule has 1 aliphatic rings. The van der Waals surface area contributed by atoms with E-state index in [-0.39, 0.29) is 0 Å². The summed E-state index contributed by atoms with van der Waals surface area (Å²) >= 11 is 0. The van der Waals surface area contributed by atoms with Gasteiger partial charge in [-0.25, -0.2) is 9.97 Å². The van der Waals surface area contributed by atoms with Gasteiger partial charge in [-0.1, -0.05) is 0 Å². The SMILES string of the molecule is Cc1cc(C)nc(N2CC(CN)C2)n1. The fraction of sp³-hybridized carbons (Fsp3) is 0.600. The van der Waals surface area contributed by atoms with Crippen LogP contribution in [-0.4, -0.2) is 29.6 Å². The summed E-state index contributed by atoms with van der Waals surface area (Å²) in [6.07, 6.45) is 0. The van der Waals surface area contributed by atoms with E-state index < -0.39 is 0 Å². The minimum absolute atomic E-state index is 0.624. The molecule has 1 fully saturated rings. The minimum atomic E-state index is 0.624. The second kappa shape index (κ2) is 3.53. The summed E-state index contributed by atoms with van der Waals surface area (Å²) in [6, 6.07) is 1.99. The summed E-state index contributed by atoms with van der Waals surface area (Å²) in [6.45, 7) is 6.76. The van der Waals surface area contributed by atoms with Crippen LogP contribution in [-0.2, 0) is 0 Å². The van der Waals surface area contributed by atoms with Crippen molar-refractivity contribution in [1.82, 2.24) is 9.97 Å². The van der Waals surface area contributed by atoms with Crippen molar-refractivity contribution in [2.45, 2.75) is 13.8 Å². The van der Waals surface area contributed by atoms with Crippen LogP contribution in [0.2, 0.25) is 0 Å². The zero-order valence-electron chi connectivity index (χ0n) is 8.70. The van der Waals surface area contributed by atoms with Gasteiger partial charge in [-0.05, 0) is 26.5 Å². The van der Waals surface area contributed by atoms with E-state index in [0.29, 0.717) is 5.92 Å². The van der Waals surface area contributed by atoms with Crippen LogP contribution in [0.1, 0.15) is 11.4 Å². The number of hydrogen-bond acceptors (Lipinski definition) is 4. The molecule has 0 bridgehead atoms. The monoisotopic (exact) mass is 192 g/mol. The number of anilines is 1. The number of hydrogen-bond donors (Lipinski definition) is 1. The zero-order chi connectivity index (χ0) is 10.1. The summed E-state index contributed by atoms with van der Waals surface area (Å²) in [7, 11) is 0. The molecule has 0 spiro atoms. The average Bonchev–Trinajstić information content (AvgIpc) is 2.00. The van der Waals surface area contributed by atoms with E-state index in [2.05, 4.69) is 14.9 Å². The largest absolute Gasteiger partial charge is 0.340 e. The Labute approximate surface area is 84.2 Å².